The van der Waals surface area contributed by atoms with Gasteiger partial charge in [-0.3, -0.25) is 4.79 Å². The lowest BCUT2D eigenvalue weighted by molar-refractivity contribution is 0.0293. The quantitative estimate of drug-likeness (QED) is 0.843. The highest BCUT2D eigenvalue weighted by molar-refractivity contribution is 5.68. The monoisotopic (exact) mass is 385 g/mol. The van der Waals surface area contributed by atoms with Crippen molar-refractivity contribution in [3.8, 4) is 11.4 Å². The number of nitrogens with one attached hydrogen (secondary N) is 2. The number of aromatic nitrogens is 3. The molecule has 2 aromatic heterocycles. The molecule has 8 nitrogen and oxygen atoms in total. The van der Waals surface area contributed by atoms with Gasteiger partial charge < -0.3 is 19.9 Å². The molecule has 1 fully saturated rings. The van der Waals surface area contributed by atoms with Gasteiger partial charge in [-0.15, -0.1) is 0 Å². The molecule has 1 saturated heterocycles. The van der Waals surface area contributed by atoms with E-state index in [-0.39, 0.29) is 17.7 Å². The maximum Gasteiger partial charge on any atom is 0.410 e. The van der Waals surface area contributed by atoms with Gasteiger partial charge in [-0.2, -0.15) is 0 Å². The number of H-pyrrole nitrogens is 1. The van der Waals surface area contributed by atoms with Crippen LogP contribution in [0.2, 0.25) is 0 Å². The van der Waals surface area contributed by atoms with Gasteiger partial charge in [0.15, 0.2) is 0 Å². The van der Waals surface area contributed by atoms with E-state index in [1.807, 2.05) is 33.8 Å². The molecule has 0 radical (unpaired) electrons. The number of carbonyl (C=O) groups excluding carboxylic acids is 1. The van der Waals surface area contributed by atoms with Crippen molar-refractivity contribution in [2.45, 2.75) is 52.7 Å². The number of aromatic amines is 1. The number of carbonyl (C=O) groups is 1. The minimum absolute atomic E-state index is 0.0852. The molecule has 0 aliphatic carbocycles. The van der Waals surface area contributed by atoms with Crippen molar-refractivity contribution < 1.29 is 9.53 Å². The molecule has 1 aliphatic rings. The van der Waals surface area contributed by atoms with Gasteiger partial charge in [0, 0.05) is 42.1 Å². The number of aryl methyl sites for hydroxylation is 1. The molecule has 0 spiro atoms. The van der Waals surface area contributed by atoms with E-state index in [2.05, 4.69) is 20.3 Å². The number of ether oxygens (including phenoxy) is 1. The predicted molar refractivity (Wildman–Crippen MR) is 107 cm³/mol. The van der Waals surface area contributed by atoms with Crippen LogP contribution in [-0.2, 0) is 4.74 Å². The van der Waals surface area contributed by atoms with Crippen LogP contribution in [0.3, 0.4) is 0 Å². The van der Waals surface area contributed by atoms with Crippen LogP contribution in [0.4, 0.5) is 10.6 Å². The lowest BCUT2D eigenvalue weighted by Gasteiger charge is -2.24. The molecule has 150 valence electrons. The third kappa shape index (κ3) is 4.68. The van der Waals surface area contributed by atoms with Crippen LogP contribution in [0.25, 0.3) is 11.4 Å². The Bertz CT molecular complexity index is 932. The van der Waals surface area contributed by atoms with Gasteiger partial charge >= 0.3 is 6.09 Å². The number of nitrogens with zero attached hydrogens (tertiary/aromatic N) is 3. The Morgan fingerprint density at radius 2 is 2.11 bits per heavy atom. The highest BCUT2D eigenvalue weighted by atomic mass is 16.6. The van der Waals surface area contributed by atoms with Gasteiger partial charge in [-0.1, -0.05) is 0 Å². The van der Waals surface area contributed by atoms with Crippen molar-refractivity contribution in [1.29, 1.82) is 0 Å². The molecule has 2 aromatic rings. The van der Waals surface area contributed by atoms with Gasteiger partial charge in [0.1, 0.15) is 17.2 Å². The van der Waals surface area contributed by atoms with Gasteiger partial charge in [-0.05, 0) is 53.2 Å². The first-order valence-electron chi connectivity index (χ1n) is 9.41. The second-order valence-corrected chi connectivity index (χ2v) is 8.11. The van der Waals surface area contributed by atoms with Crippen molar-refractivity contribution in [1.82, 2.24) is 19.9 Å². The first kappa shape index (κ1) is 19.9. The molecule has 0 saturated carbocycles. The molecule has 28 heavy (non-hydrogen) atoms. The Kier molecular flexibility index (Phi) is 5.40. The van der Waals surface area contributed by atoms with Crippen LogP contribution in [0.15, 0.2) is 23.1 Å². The molecule has 1 amide bonds. The van der Waals surface area contributed by atoms with Gasteiger partial charge in [0.25, 0.3) is 5.56 Å². The number of anilines is 1. The minimum atomic E-state index is -0.505. The van der Waals surface area contributed by atoms with Gasteiger partial charge in [0.2, 0.25) is 0 Å². The summed E-state index contributed by atoms with van der Waals surface area (Å²) in [4.78, 5) is 37.6. The Labute approximate surface area is 164 Å². The molecular weight excluding hydrogens is 358 g/mol. The van der Waals surface area contributed by atoms with Crippen LogP contribution >= 0.6 is 0 Å². The van der Waals surface area contributed by atoms with Gasteiger partial charge in [0.05, 0.1) is 0 Å². The molecule has 1 unspecified atom stereocenters. The van der Waals surface area contributed by atoms with Crippen LogP contribution in [0.1, 0.15) is 38.4 Å². The summed E-state index contributed by atoms with van der Waals surface area (Å²) in [5, 5.41) is 3.36. The molecular formula is C20H27N5O3. The third-order valence-corrected chi connectivity index (χ3v) is 4.62. The zero-order chi connectivity index (χ0) is 20.5. The SMILES string of the molecule is Cc1nc(-c2ccnc(NC3CCN(C(=O)OC(C)(C)C)C3)c2)[nH]c(=O)c1C. The summed E-state index contributed by atoms with van der Waals surface area (Å²) in [6.45, 7) is 10.3. The van der Waals surface area contributed by atoms with E-state index in [0.29, 0.717) is 36.0 Å². The fourth-order valence-corrected chi connectivity index (χ4v) is 3.02. The Morgan fingerprint density at radius 3 is 2.79 bits per heavy atom. The van der Waals surface area contributed by atoms with Crippen molar-refractivity contribution in [2.75, 3.05) is 18.4 Å². The van der Waals surface area contributed by atoms with E-state index in [4.69, 9.17) is 4.74 Å². The molecule has 1 aliphatic heterocycles. The summed E-state index contributed by atoms with van der Waals surface area (Å²) in [5.41, 5.74) is 1.45. The minimum Gasteiger partial charge on any atom is -0.444 e. The topological polar surface area (TPSA) is 100 Å². The summed E-state index contributed by atoms with van der Waals surface area (Å²) < 4.78 is 5.43. The fraction of sp³-hybridized carbons (Fsp3) is 0.500. The standard InChI is InChI=1S/C20H27N5O3/c1-12-13(2)22-17(24-18(12)26)14-6-8-21-16(10-14)23-15-7-9-25(11-15)19(27)28-20(3,4)5/h6,8,10,15H,7,9,11H2,1-5H3,(H,21,23)(H,22,24,26). The van der Waals surface area contributed by atoms with E-state index in [1.54, 1.807) is 24.1 Å². The maximum atomic E-state index is 12.2. The molecule has 3 heterocycles. The fourth-order valence-electron chi connectivity index (χ4n) is 3.02. The predicted octanol–water partition coefficient (Wildman–Crippen LogP) is 2.87. The molecule has 0 bridgehead atoms. The highest BCUT2D eigenvalue weighted by Crippen LogP contribution is 2.21. The smallest absolute Gasteiger partial charge is 0.410 e. The average molecular weight is 385 g/mol. The second kappa shape index (κ2) is 7.61. The van der Waals surface area contributed by atoms with E-state index >= 15 is 0 Å². The first-order valence-corrected chi connectivity index (χ1v) is 9.41. The van der Waals surface area contributed by atoms with Crippen LogP contribution in [-0.4, -0.2) is 50.7 Å². The second-order valence-electron chi connectivity index (χ2n) is 8.11. The molecule has 3 rings (SSSR count). The number of likely N-dealkylation sites (tertiary alicyclic amines) is 1. The van der Waals surface area contributed by atoms with Crippen molar-refractivity contribution in [3.63, 3.8) is 0 Å². The molecule has 1 atom stereocenters. The first-order chi connectivity index (χ1) is 13.1. The largest absolute Gasteiger partial charge is 0.444 e. The number of amides is 1. The summed E-state index contributed by atoms with van der Waals surface area (Å²) in [7, 11) is 0. The maximum absolute atomic E-state index is 12.2. The zero-order valence-corrected chi connectivity index (χ0v) is 17.0. The van der Waals surface area contributed by atoms with Crippen molar-refractivity contribution in [3.05, 3.63) is 39.9 Å². The number of rotatable bonds is 3. The zero-order valence-electron chi connectivity index (χ0n) is 17.0. The normalized spacial score (nSPS) is 16.9. The molecule has 2 N–H and O–H groups in total. The molecule has 0 aromatic carbocycles. The number of hydrogen-bond acceptors (Lipinski definition) is 6. The van der Waals surface area contributed by atoms with Crippen LogP contribution < -0.4 is 10.9 Å². The molecule has 8 heteroatoms. The van der Waals surface area contributed by atoms with Gasteiger partial charge in [-0.25, -0.2) is 14.8 Å². The number of pyridine rings is 1. The summed E-state index contributed by atoms with van der Waals surface area (Å²) in [6, 6.07) is 3.74. The lowest BCUT2D eigenvalue weighted by Crippen LogP contribution is -2.36. The highest BCUT2D eigenvalue weighted by Gasteiger charge is 2.29. The summed E-state index contributed by atoms with van der Waals surface area (Å²) >= 11 is 0. The third-order valence-electron chi connectivity index (χ3n) is 4.62. The Hall–Kier alpha value is -2.90. The van der Waals surface area contributed by atoms with Crippen molar-refractivity contribution in [2.24, 2.45) is 0 Å². The van der Waals surface area contributed by atoms with E-state index in [1.165, 1.54) is 0 Å². The number of hydrogen-bond donors (Lipinski definition) is 2. The average Bonchev–Trinajstić information content (AvgIpc) is 3.07. The van der Waals surface area contributed by atoms with Crippen molar-refractivity contribution >= 4 is 11.9 Å². The summed E-state index contributed by atoms with van der Waals surface area (Å²) in [6.07, 6.45) is 2.19. The van der Waals surface area contributed by atoms with E-state index in [9.17, 15) is 9.59 Å². The summed E-state index contributed by atoms with van der Waals surface area (Å²) in [5.74, 6) is 1.19. The Morgan fingerprint density at radius 1 is 1.36 bits per heavy atom. The van der Waals surface area contributed by atoms with E-state index in [0.717, 1.165) is 12.0 Å². The van der Waals surface area contributed by atoms with Crippen LogP contribution in [0.5, 0.6) is 0 Å². The van der Waals surface area contributed by atoms with Crippen LogP contribution in [0, 0.1) is 13.8 Å². The van der Waals surface area contributed by atoms with E-state index < -0.39 is 5.60 Å². The lowest BCUT2D eigenvalue weighted by atomic mass is 10.2. The Balaban J connectivity index is 1.69.